The summed E-state index contributed by atoms with van der Waals surface area (Å²) in [6.45, 7) is 10.2. The summed E-state index contributed by atoms with van der Waals surface area (Å²) >= 11 is 0. The Morgan fingerprint density at radius 2 is 2.06 bits per heavy atom. The van der Waals surface area contributed by atoms with Gasteiger partial charge in [0.05, 0.1) is 16.8 Å². The van der Waals surface area contributed by atoms with Gasteiger partial charge in [-0.2, -0.15) is 0 Å². The monoisotopic (exact) mass is 249 g/mol. The molecule has 0 aliphatic carbocycles. The lowest BCUT2D eigenvalue weighted by Gasteiger charge is -2.33. The Bertz CT molecular complexity index is 443. The number of carbonyl (C=O) groups excluding carboxylic acids is 1. The molecular weight excluding hydrogens is 226 g/mol. The van der Waals surface area contributed by atoms with Crippen molar-refractivity contribution in [2.75, 3.05) is 6.54 Å². The summed E-state index contributed by atoms with van der Waals surface area (Å²) in [4.78, 5) is 16.6. The van der Waals surface area contributed by atoms with Crippen molar-refractivity contribution in [2.24, 2.45) is 11.7 Å². The van der Waals surface area contributed by atoms with E-state index >= 15 is 0 Å². The van der Waals surface area contributed by atoms with E-state index in [9.17, 15) is 4.79 Å². The number of rotatable bonds is 4. The third-order valence-corrected chi connectivity index (χ3v) is 3.57. The second kappa shape index (κ2) is 5.48. The molecule has 1 aromatic rings. The highest BCUT2D eigenvalue weighted by atomic mass is 16.1. The van der Waals surface area contributed by atoms with E-state index < -0.39 is 5.54 Å². The Hall–Kier alpha value is -1.42. The van der Waals surface area contributed by atoms with Gasteiger partial charge in [-0.05, 0) is 38.8 Å². The molecule has 0 saturated carbocycles. The smallest absolute Gasteiger partial charge is 0.253 e. The number of nitrogens with one attached hydrogen (secondary N) is 1. The zero-order chi connectivity index (χ0) is 13.9. The number of nitrogens with two attached hydrogens (primary N) is 1. The van der Waals surface area contributed by atoms with Crippen LogP contribution < -0.4 is 11.1 Å². The van der Waals surface area contributed by atoms with E-state index in [1.807, 2.05) is 46.8 Å². The van der Waals surface area contributed by atoms with Gasteiger partial charge in [-0.1, -0.05) is 13.8 Å². The number of hydrogen-bond acceptors (Lipinski definition) is 3. The van der Waals surface area contributed by atoms with Crippen LogP contribution in [0.4, 0.5) is 0 Å². The Balaban J connectivity index is 2.95. The SMILES string of the molecule is Cc1ccc(C(=O)NC(C)(CN)C(C)C)c(C)n1. The third kappa shape index (κ3) is 3.07. The van der Waals surface area contributed by atoms with Gasteiger partial charge in [0.15, 0.2) is 0 Å². The molecule has 0 aromatic carbocycles. The molecule has 1 unspecified atom stereocenters. The lowest BCUT2D eigenvalue weighted by Crippen LogP contribution is -2.55. The summed E-state index contributed by atoms with van der Waals surface area (Å²) < 4.78 is 0. The Morgan fingerprint density at radius 3 is 2.50 bits per heavy atom. The van der Waals surface area contributed by atoms with Crippen molar-refractivity contribution in [1.82, 2.24) is 10.3 Å². The van der Waals surface area contributed by atoms with Crippen LogP contribution in [0.25, 0.3) is 0 Å². The van der Waals surface area contributed by atoms with E-state index in [2.05, 4.69) is 10.3 Å². The summed E-state index contributed by atoms with van der Waals surface area (Å²) in [5.41, 5.74) is 7.64. The molecule has 0 aliphatic heterocycles. The fourth-order valence-electron chi connectivity index (χ4n) is 1.68. The third-order valence-electron chi connectivity index (χ3n) is 3.57. The lowest BCUT2D eigenvalue weighted by molar-refractivity contribution is 0.0882. The first kappa shape index (κ1) is 14.6. The van der Waals surface area contributed by atoms with Crippen molar-refractivity contribution in [2.45, 2.75) is 40.2 Å². The zero-order valence-electron chi connectivity index (χ0n) is 11.9. The molecule has 18 heavy (non-hydrogen) atoms. The summed E-state index contributed by atoms with van der Waals surface area (Å²) in [6, 6.07) is 3.65. The molecule has 3 N–H and O–H groups in total. The van der Waals surface area contributed by atoms with Crippen molar-refractivity contribution in [3.8, 4) is 0 Å². The fourth-order valence-corrected chi connectivity index (χ4v) is 1.68. The second-order valence-electron chi connectivity index (χ2n) is 5.32. The molecule has 1 rings (SSSR count). The van der Waals surface area contributed by atoms with Crippen LogP contribution in [0, 0.1) is 19.8 Å². The molecule has 1 heterocycles. The molecule has 0 aliphatic rings. The normalized spacial score (nSPS) is 14.4. The average Bonchev–Trinajstić information content (AvgIpc) is 2.28. The van der Waals surface area contributed by atoms with Crippen molar-refractivity contribution in [3.63, 3.8) is 0 Å². The summed E-state index contributed by atoms with van der Waals surface area (Å²) in [7, 11) is 0. The van der Waals surface area contributed by atoms with Crippen LogP contribution in [0.3, 0.4) is 0 Å². The standard InChI is InChI=1S/C14H23N3O/c1-9(2)14(5,8-15)17-13(18)12-7-6-10(3)16-11(12)4/h6-7,9H,8,15H2,1-5H3,(H,17,18). The van der Waals surface area contributed by atoms with E-state index in [0.29, 0.717) is 12.1 Å². The van der Waals surface area contributed by atoms with Gasteiger partial charge in [0.25, 0.3) is 5.91 Å². The molecule has 1 atom stereocenters. The largest absolute Gasteiger partial charge is 0.345 e. The molecule has 0 radical (unpaired) electrons. The number of aromatic nitrogens is 1. The maximum absolute atomic E-state index is 12.2. The molecule has 0 bridgehead atoms. The van der Waals surface area contributed by atoms with Crippen LogP contribution in [0.5, 0.6) is 0 Å². The molecule has 0 fully saturated rings. The molecule has 4 heteroatoms. The number of aryl methyl sites for hydroxylation is 2. The maximum Gasteiger partial charge on any atom is 0.253 e. The summed E-state index contributed by atoms with van der Waals surface area (Å²) in [6.07, 6.45) is 0. The molecule has 0 spiro atoms. The van der Waals surface area contributed by atoms with Gasteiger partial charge in [-0.25, -0.2) is 0 Å². The first-order valence-electron chi connectivity index (χ1n) is 6.27. The van der Waals surface area contributed by atoms with Gasteiger partial charge >= 0.3 is 0 Å². The minimum atomic E-state index is -0.394. The number of nitrogens with zero attached hydrogens (tertiary/aromatic N) is 1. The number of hydrogen-bond donors (Lipinski definition) is 2. The second-order valence-corrected chi connectivity index (χ2v) is 5.32. The van der Waals surface area contributed by atoms with Crippen molar-refractivity contribution in [1.29, 1.82) is 0 Å². The van der Waals surface area contributed by atoms with Crippen LogP contribution in [-0.4, -0.2) is 23.0 Å². The van der Waals surface area contributed by atoms with E-state index in [1.165, 1.54) is 0 Å². The number of pyridine rings is 1. The van der Waals surface area contributed by atoms with Crippen molar-refractivity contribution in [3.05, 3.63) is 29.1 Å². The van der Waals surface area contributed by atoms with Gasteiger partial charge in [-0.15, -0.1) is 0 Å². The van der Waals surface area contributed by atoms with Crippen molar-refractivity contribution >= 4 is 5.91 Å². The van der Waals surface area contributed by atoms with Gasteiger partial charge in [0, 0.05) is 12.2 Å². The van der Waals surface area contributed by atoms with Crippen LogP contribution in [0.1, 0.15) is 42.5 Å². The van der Waals surface area contributed by atoms with Gasteiger partial charge in [0.2, 0.25) is 0 Å². The quantitative estimate of drug-likeness (QED) is 0.855. The minimum Gasteiger partial charge on any atom is -0.345 e. The predicted octanol–water partition coefficient (Wildman–Crippen LogP) is 1.80. The van der Waals surface area contributed by atoms with Crippen molar-refractivity contribution < 1.29 is 4.79 Å². The number of amides is 1. The Morgan fingerprint density at radius 1 is 1.44 bits per heavy atom. The minimum absolute atomic E-state index is 0.110. The molecule has 0 saturated heterocycles. The van der Waals surface area contributed by atoms with Gasteiger partial charge in [-0.3, -0.25) is 9.78 Å². The molecule has 1 aromatic heterocycles. The number of carbonyl (C=O) groups is 1. The highest BCUT2D eigenvalue weighted by molar-refractivity contribution is 5.95. The highest BCUT2D eigenvalue weighted by Gasteiger charge is 2.29. The van der Waals surface area contributed by atoms with Crippen LogP contribution >= 0.6 is 0 Å². The van der Waals surface area contributed by atoms with Crippen LogP contribution in [0.2, 0.25) is 0 Å². The first-order valence-corrected chi connectivity index (χ1v) is 6.27. The van der Waals surface area contributed by atoms with Crippen LogP contribution in [-0.2, 0) is 0 Å². The fraction of sp³-hybridized carbons (Fsp3) is 0.571. The van der Waals surface area contributed by atoms with E-state index in [-0.39, 0.29) is 11.8 Å². The van der Waals surface area contributed by atoms with Crippen LogP contribution in [0.15, 0.2) is 12.1 Å². The topological polar surface area (TPSA) is 68.0 Å². The molecule has 4 nitrogen and oxygen atoms in total. The van der Waals surface area contributed by atoms with E-state index in [1.54, 1.807) is 0 Å². The lowest BCUT2D eigenvalue weighted by atomic mass is 9.88. The molecule has 1 amide bonds. The summed E-state index contributed by atoms with van der Waals surface area (Å²) in [5, 5.41) is 3.02. The maximum atomic E-state index is 12.2. The highest BCUT2D eigenvalue weighted by Crippen LogP contribution is 2.16. The Labute approximate surface area is 109 Å². The summed E-state index contributed by atoms with van der Waals surface area (Å²) in [5.74, 6) is 0.159. The van der Waals surface area contributed by atoms with Gasteiger partial charge in [0.1, 0.15) is 0 Å². The van der Waals surface area contributed by atoms with E-state index in [4.69, 9.17) is 5.73 Å². The van der Waals surface area contributed by atoms with Gasteiger partial charge < -0.3 is 11.1 Å². The molecular formula is C14H23N3O. The van der Waals surface area contributed by atoms with E-state index in [0.717, 1.165) is 11.4 Å². The molecule has 100 valence electrons. The Kier molecular flexibility index (Phi) is 4.46. The average molecular weight is 249 g/mol. The first-order chi connectivity index (χ1) is 8.30. The predicted molar refractivity (Wildman–Crippen MR) is 73.5 cm³/mol. The zero-order valence-corrected chi connectivity index (χ0v) is 11.9.